The maximum atomic E-state index is 12.8. The summed E-state index contributed by atoms with van der Waals surface area (Å²) in [6, 6.07) is 2.58. The summed E-state index contributed by atoms with van der Waals surface area (Å²) in [4.78, 5) is 14.6. The molecule has 0 atom stereocenters. The van der Waals surface area contributed by atoms with E-state index >= 15 is 0 Å². The minimum atomic E-state index is -3.67. The second-order valence-corrected chi connectivity index (χ2v) is 4.64. The van der Waals surface area contributed by atoms with Crippen molar-refractivity contribution in [3.63, 3.8) is 0 Å². The molecular formula is C10H4F2INO3. The molecule has 3 rings (SSSR count). The highest BCUT2D eigenvalue weighted by molar-refractivity contribution is 14.1. The normalized spacial score (nSPS) is 16.4. The Bertz CT molecular complexity index is 683. The number of halogens is 3. The fraction of sp³-hybridized carbons (Fsp3) is 0.100. The summed E-state index contributed by atoms with van der Waals surface area (Å²) in [6.45, 7) is 0. The van der Waals surface area contributed by atoms with Crippen LogP contribution in [0, 0.1) is 3.57 Å². The van der Waals surface area contributed by atoms with Crippen molar-refractivity contribution < 1.29 is 18.3 Å². The molecule has 1 aliphatic rings. The Kier molecular flexibility index (Phi) is 2.09. The molecule has 0 saturated carbocycles. The van der Waals surface area contributed by atoms with E-state index in [1.165, 1.54) is 18.3 Å². The Hall–Kier alpha value is -1.38. The lowest BCUT2D eigenvalue weighted by Gasteiger charge is -2.04. The molecular weight excluding hydrogens is 347 g/mol. The largest absolute Gasteiger partial charge is 0.586 e. The first-order valence-electron chi connectivity index (χ1n) is 4.57. The number of benzene rings is 1. The maximum absolute atomic E-state index is 12.8. The Balaban J connectivity index is 2.31. The highest BCUT2D eigenvalue weighted by Crippen LogP contribution is 2.42. The topological polar surface area (TPSA) is 51.3 Å². The number of rotatable bonds is 0. The van der Waals surface area contributed by atoms with E-state index in [4.69, 9.17) is 0 Å². The van der Waals surface area contributed by atoms with Gasteiger partial charge in [-0.3, -0.25) is 4.79 Å². The van der Waals surface area contributed by atoms with Gasteiger partial charge in [-0.05, 0) is 28.7 Å². The van der Waals surface area contributed by atoms with Crippen LogP contribution in [0.25, 0.3) is 10.9 Å². The lowest BCUT2D eigenvalue weighted by Crippen LogP contribution is -2.25. The minimum Gasteiger partial charge on any atom is -0.395 e. The van der Waals surface area contributed by atoms with Crippen molar-refractivity contribution in [1.29, 1.82) is 0 Å². The van der Waals surface area contributed by atoms with Crippen molar-refractivity contribution >= 4 is 33.5 Å². The van der Waals surface area contributed by atoms with Gasteiger partial charge in [-0.1, -0.05) is 0 Å². The van der Waals surface area contributed by atoms with Gasteiger partial charge >= 0.3 is 6.29 Å². The molecule has 0 radical (unpaired) electrons. The molecule has 1 aromatic heterocycles. The third-order valence-corrected chi connectivity index (χ3v) is 3.16. The first-order chi connectivity index (χ1) is 7.96. The molecule has 0 unspecified atom stereocenters. The van der Waals surface area contributed by atoms with Crippen LogP contribution in [-0.4, -0.2) is 11.3 Å². The number of aromatic amines is 1. The molecule has 88 valence electrons. The molecule has 17 heavy (non-hydrogen) atoms. The average Bonchev–Trinajstić information content (AvgIpc) is 2.54. The number of nitrogens with one attached hydrogen (secondary N) is 1. The van der Waals surface area contributed by atoms with Gasteiger partial charge in [-0.25, -0.2) is 0 Å². The molecule has 0 bridgehead atoms. The Morgan fingerprint density at radius 3 is 2.59 bits per heavy atom. The Morgan fingerprint density at radius 1 is 1.24 bits per heavy atom. The van der Waals surface area contributed by atoms with E-state index in [1.807, 2.05) is 22.6 Å². The Morgan fingerprint density at radius 2 is 1.88 bits per heavy atom. The van der Waals surface area contributed by atoms with Gasteiger partial charge in [0.1, 0.15) is 0 Å². The second-order valence-electron chi connectivity index (χ2n) is 3.48. The van der Waals surface area contributed by atoms with Crippen LogP contribution in [0.5, 0.6) is 11.5 Å². The Labute approximate surface area is 107 Å². The fourth-order valence-electron chi connectivity index (χ4n) is 1.64. The SMILES string of the molecule is O=c1c(I)c[nH]c2cc3c(cc12)OC(F)(F)O3. The first-order valence-corrected chi connectivity index (χ1v) is 5.65. The van der Waals surface area contributed by atoms with Crippen LogP contribution in [0.4, 0.5) is 8.78 Å². The zero-order valence-electron chi connectivity index (χ0n) is 8.09. The zero-order chi connectivity index (χ0) is 12.2. The molecule has 0 aliphatic carbocycles. The summed E-state index contributed by atoms with van der Waals surface area (Å²) in [7, 11) is 0. The molecule has 4 nitrogen and oxygen atoms in total. The third-order valence-electron chi connectivity index (χ3n) is 2.36. The van der Waals surface area contributed by atoms with E-state index in [1.54, 1.807) is 0 Å². The highest BCUT2D eigenvalue weighted by atomic mass is 127. The summed E-state index contributed by atoms with van der Waals surface area (Å²) in [5.74, 6) is -0.214. The summed E-state index contributed by atoms with van der Waals surface area (Å²) in [5, 5.41) is 0.289. The van der Waals surface area contributed by atoms with Gasteiger partial charge in [0.05, 0.1) is 14.5 Å². The summed E-state index contributed by atoms with van der Waals surface area (Å²) < 4.78 is 34.7. The molecule has 2 heterocycles. The van der Waals surface area contributed by atoms with Gasteiger partial charge in [0.2, 0.25) is 5.43 Å². The number of hydrogen-bond donors (Lipinski definition) is 1. The van der Waals surface area contributed by atoms with Crippen LogP contribution in [0.3, 0.4) is 0 Å². The van der Waals surface area contributed by atoms with E-state index in [2.05, 4.69) is 14.5 Å². The molecule has 0 fully saturated rings. The monoisotopic (exact) mass is 351 g/mol. The third kappa shape index (κ3) is 1.65. The quantitative estimate of drug-likeness (QED) is 0.742. The van der Waals surface area contributed by atoms with E-state index in [9.17, 15) is 13.6 Å². The lowest BCUT2D eigenvalue weighted by molar-refractivity contribution is -0.286. The fourth-order valence-corrected chi connectivity index (χ4v) is 2.09. The predicted octanol–water partition coefficient (Wildman–Crippen LogP) is 2.45. The van der Waals surface area contributed by atoms with E-state index in [0.29, 0.717) is 9.09 Å². The van der Waals surface area contributed by atoms with Crippen molar-refractivity contribution in [2.75, 3.05) is 0 Å². The number of alkyl halides is 2. The van der Waals surface area contributed by atoms with Crippen molar-refractivity contribution in [2.24, 2.45) is 0 Å². The van der Waals surface area contributed by atoms with Crippen LogP contribution >= 0.6 is 22.6 Å². The number of H-pyrrole nitrogens is 1. The highest BCUT2D eigenvalue weighted by Gasteiger charge is 2.43. The van der Waals surface area contributed by atoms with Crippen molar-refractivity contribution in [1.82, 2.24) is 4.98 Å². The van der Waals surface area contributed by atoms with Crippen LogP contribution in [0.15, 0.2) is 23.1 Å². The van der Waals surface area contributed by atoms with Gasteiger partial charge in [0.25, 0.3) is 0 Å². The minimum absolute atomic E-state index is 0.0839. The molecule has 1 aromatic carbocycles. The number of pyridine rings is 1. The molecule has 2 aromatic rings. The molecule has 0 spiro atoms. The van der Waals surface area contributed by atoms with Crippen LogP contribution in [-0.2, 0) is 0 Å². The molecule has 0 saturated heterocycles. The number of fused-ring (bicyclic) bond motifs is 2. The maximum Gasteiger partial charge on any atom is 0.586 e. The van der Waals surface area contributed by atoms with Gasteiger partial charge in [0.15, 0.2) is 11.5 Å². The first kappa shape index (κ1) is 10.8. The molecule has 0 amide bonds. The van der Waals surface area contributed by atoms with Gasteiger partial charge in [-0.15, -0.1) is 8.78 Å². The van der Waals surface area contributed by atoms with Gasteiger partial charge < -0.3 is 14.5 Å². The van der Waals surface area contributed by atoms with Crippen LogP contribution < -0.4 is 14.9 Å². The molecule has 7 heteroatoms. The van der Waals surface area contributed by atoms with Crippen LogP contribution in [0.2, 0.25) is 0 Å². The van der Waals surface area contributed by atoms with Gasteiger partial charge in [0, 0.05) is 12.3 Å². The smallest absolute Gasteiger partial charge is 0.395 e. The molecule has 1 N–H and O–H groups in total. The van der Waals surface area contributed by atoms with E-state index < -0.39 is 6.29 Å². The number of aromatic nitrogens is 1. The lowest BCUT2D eigenvalue weighted by atomic mass is 10.2. The summed E-state index contributed by atoms with van der Waals surface area (Å²) in [6.07, 6.45) is -2.17. The zero-order valence-corrected chi connectivity index (χ0v) is 10.2. The standard InChI is InChI=1S/C10H4F2INO3/c11-10(12)16-7-1-4-6(2-8(7)17-10)14-3-5(13)9(4)15/h1-3H,(H,14,15). The number of hydrogen-bond acceptors (Lipinski definition) is 3. The van der Waals surface area contributed by atoms with Crippen molar-refractivity contribution in [3.8, 4) is 11.5 Å². The van der Waals surface area contributed by atoms with Crippen LogP contribution in [0.1, 0.15) is 0 Å². The van der Waals surface area contributed by atoms with Gasteiger partial charge in [-0.2, -0.15) is 0 Å². The van der Waals surface area contributed by atoms with Crippen molar-refractivity contribution in [3.05, 3.63) is 32.1 Å². The second kappa shape index (κ2) is 3.31. The molecule has 1 aliphatic heterocycles. The number of ether oxygens (including phenoxy) is 2. The summed E-state index contributed by atoms with van der Waals surface area (Å²) >= 11 is 1.86. The van der Waals surface area contributed by atoms with E-state index in [-0.39, 0.29) is 22.3 Å². The predicted molar refractivity (Wildman–Crippen MR) is 63.5 cm³/mol. The van der Waals surface area contributed by atoms with E-state index in [0.717, 1.165) is 0 Å². The van der Waals surface area contributed by atoms with Crippen molar-refractivity contribution in [2.45, 2.75) is 6.29 Å². The summed E-state index contributed by atoms with van der Waals surface area (Å²) in [5.41, 5.74) is 0.191. The average molecular weight is 351 g/mol.